The van der Waals surface area contributed by atoms with E-state index >= 15 is 0 Å². The Morgan fingerprint density at radius 2 is 0.554 bits per heavy atom. The zero-order valence-electron chi connectivity index (χ0n) is 50.0. The molecule has 0 bridgehead atoms. The number of hydrogen-bond donors (Lipinski definition) is 1. The number of unbranched alkanes of at least 4 members (excludes halogenated alkanes) is 22. The van der Waals surface area contributed by atoms with Crippen LogP contribution in [0.2, 0.25) is 0 Å². The molecule has 2 aliphatic heterocycles. The van der Waals surface area contributed by atoms with E-state index < -0.39 is 23.2 Å². The van der Waals surface area contributed by atoms with Gasteiger partial charge in [0.1, 0.15) is 0 Å². The molecule has 0 radical (unpaired) electrons. The van der Waals surface area contributed by atoms with Crippen LogP contribution in [0.4, 0.5) is 24.0 Å². The van der Waals surface area contributed by atoms with E-state index in [4.69, 9.17) is 9.47 Å². The minimum Gasteiger partial charge on any atom is -0.469 e. The van der Waals surface area contributed by atoms with Gasteiger partial charge in [0.15, 0.2) is 0 Å². The lowest BCUT2D eigenvalue weighted by Gasteiger charge is -2.39. The molecule has 1 aromatic heterocycles. The van der Waals surface area contributed by atoms with Gasteiger partial charge in [0.2, 0.25) is 0 Å². The molecule has 0 aromatic carbocycles. The van der Waals surface area contributed by atoms with Crippen molar-refractivity contribution in [3.05, 3.63) is 31.5 Å². The van der Waals surface area contributed by atoms with E-state index in [1.807, 2.05) is 0 Å². The molecule has 3 heterocycles. The molecule has 2 fully saturated rings. The average molecular weight is 1180 g/mol. The smallest absolute Gasteiger partial charge is 0.406 e. The maximum atomic E-state index is 13.7. The van der Waals surface area contributed by atoms with E-state index in [2.05, 4.69) is 19.5 Å². The molecule has 25 nitrogen and oxygen atoms in total. The van der Waals surface area contributed by atoms with Crippen molar-refractivity contribution in [3.63, 3.8) is 0 Å². The van der Waals surface area contributed by atoms with Gasteiger partial charge in [0, 0.05) is 84.5 Å². The number of imide groups is 4. The zero-order chi connectivity index (χ0) is 60.6. The van der Waals surface area contributed by atoms with Gasteiger partial charge < -0.3 is 29.0 Å². The highest BCUT2D eigenvalue weighted by Crippen LogP contribution is 2.21. The van der Waals surface area contributed by atoms with Gasteiger partial charge in [-0.1, -0.05) is 103 Å². The Balaban J connectivity index is 1.27. The lowest BCUT2D eigenvalue weighted by molar-refractivity contribution is -0.146. The molecular formula is C58H96N8O17. The van der Waals surface area contributed by atoms with Gasteiger partial charge in [0.25, 0.3) is 0 Å². The largest absolute Gasteiger partial charge is 0.469 e. The first-order valence-electron chi connectivity index (χ1n) is 30.6. The zero-order valence-corrected chi connectivity index (χ0v) is 50.0. The quantitative estimate of drug-likeness (QED) is 0.0363. The summed E-state index contributed by atoms with van der Waals surface area (Å²) in [5, 5.41) is 2.62. The van der Waals surface area contributed by atoms with Crippen molar-refractivity contribution in [2.45, 2.75) is 232 Å². The molecular weight excluding hydrogens is 1080 g/mol. The summed E-state index contributed by atoms with van der Waals surface area (Å²) in [6.45, 7) is 2.47. The van der Waals surface area contributed by atoms with Gasteiger partial charge >= 0.3 is 71.2 Å². The van der Waals surface area contributed by atoms with E-state index in [0.29, 0.717) is 129 Å². The van der Waals surface area contributed by atoms with Crippen LogP contribution in [-0.4, -0.2) is 155 Å². The first-order valence-corrected chi connectivity index (χ1v) is 30.6. The molecule has 3 rings (SSSR count). The minimum absolute atomic E-state index is 0.0996. The molecule has 25 heteroatoms. The summed E-state index contributed by atoms with van der Waals surface area (Å²) in [5.74, 6) is -1.11. The van der Waals surface area contributed by atoms with Gasteiger partial charge in [-0.3, -0.25) is 19.2 Å². The number of urea groups is 4. The van der Waals surface area contributed by atoms with Crippen LogP contribution in [0, 0.1) is 0 Å². The van der Waals surface area contributed by atoms with Crippen molar-refractivity contribution in [3.8, 4) is 0 Å². The molecule has 470 valence electrons. The van der Waals surface area contributed by atoms with E-state index in [-0.39, 0.29) is 100 Å². The number of nitrogens with one attached hydrogen (secondary N) is 1. The second kappa shape index (κ2) is 42.3. The molecule has 0 aliphatic carbocycles. The van der Waals surface area contributed by atoms with Crippen molar-refractivity contribution in [1.82, 2.24) is 38.6 Å². The number of carbonyl (C=O) groups is 9. The van der Waals surface area contributed by atoms with Crippen LogP contribution in [0.15, 0.2) is 14.4 Å². The number of aromatic nitrogens is 3. The maximum Gasteiger partial charge on any atom is 0.406 e. The highest BCUT2D eigenvalue weighted by atomic mass is 16.6. The minimum atomic E-state index is -0.666. The summed E-state index contributed by atoms with van der Waals surface area (Å²) >= 11 is 0. The number of rotatable bonds is 50. The summed E-state index contributed by atoms with van der Waals surface area (Å²) in [4.78, 5) is 154. The molecule has 0 spiro atoms. The van der Waals surface area contributed by atoms with Gasteiger partial charge in [-0.25, -0.2) is 71.7 Å². The average Bonchev–Trinajstić information content (AvgIpc) is 3.53. The van der Waals surface area contributed by atoms with Crippen LogP contribution in [0.5, 0.6) is 0 Å². The van der Waals surface area contributed by atoms with Crippen LogP contribution in [0.3, 0.4) is 0 Å². The van der Waals surface area contributed by atoms with Crippen LogP contribution < -0.4 is 22.4 Å². The molecule has 0 saturated carbocycles. The molecule has 1 aromatic rings. The van der Waals surface area contributed by atoms with Crippen molar-refractivity contribution < 1.29 is 66.8 Å². The summed E-state index contributed by atoms with van der Waals surface area (Å²) < 4.78 is 27.8. The number of methoxy groups -OCH3 is 3. The Labute approximate surface area is 488 Å². The first kappa shape index (κ1) is 70.7. The topological polar surface area (TPSA) is 291 Å². The van der Waals surface area contributed by atoms with Crippen molar-refractivity contribution in [2.75, 3.05) is 67.3 Å². The summed E-state index contributed by atoms with van der Waals surface area (Å²) in [6, 6.07) is -1.13. The van der Waals surface area contributed by atoms with E-state index in [9.17, 15) is 57.5 Å². The summed E-state index contributed by atoms with van der Waals surface area (Å²) in [5.41, 5.74) is -1.99. The second-order valence-corrected chi connectivity index (χ2v) is 21.3. The third-order valence-corrected chi connectivity index (χ3v) is 14.8. The van der Waals surface area contributed by atoms with E-state index in [0.717, 1.165) is 110 Å². The van der Waals surface area contributed by atoms with Crippen LogP contribution in [-0.2, 0) is 62.5 Å². The lowest BCUT2D eigenvalue weighted by Crippen LogP contribution is -2.64. The number of hydrogen-bond acceptors (Lipinski definition) is 17. The van der Waals surface area contributed by atoms with Crippen molar-refractivity contribution >= 4 is 54.1 Å². The molecule has 0 atom stereocenters. The lowest BCUT2D eigenvalue weighted by atomic mass is 10.1. The Bertz CT molecular complexity index is 2340. The number of esters is 4. The molecule has 83 heavy (non-hydrogen) atoms. The van der Waals surface area contributed by atoms with Gasteiger partial charge in [0.05, 0.1) is 34.5 Å². The molecule has 2 aliphatic rings. The first-order chi connectivity index (χ1) is 40.2. The third-order valence-electron chi connectivity index (χ3n) is 14.8. The second-order valence-electron chi connectivity index (χ2n) is 21.3. The molecule has 1 N–H and O–H groups in total. The Kier molecular flexibility index (Phi) is 36.0. The number of nitrogens with zero attached hydrogens (tertiary/aromatic N) is 7. The molecule has 9 amide bonds. The predicted octanol–water partition coefficient (Wildman–Crippen LogP) is 8.55. The van der Waals surface area contributed by atoms with Crippen LogP contribution in [0.25, 0.3) is 0 Å². The third kappa shape index (κ3) is 27.1. The fourth-order valence-corrected chi connectivity index (χ4v) is 9.80. The van der Waals surface area contributed by atoms with Gasteiger partial charge in [-0.05, 0) is 77.0 Å². The van der Waals surface area contributed by atoms with Gasteiger partial charge in [-0.15, -0.1) is 0 Å². The molecule has 2 saturated heterocycles. The normalized spacial score (nSPS) is 13.0. The number of ether oxygens (including phenoxy) is 5. The monoisotopic (exact) mass is 1180 g/mol. The van der Waals surface area contributed by atoms with Crippen molar-refractivity contribution in [1.29, 1.82) is 0 Å². The highest BCUT2D eigenvalue weighted by Gasteiger charge is 2.43. The predicted molar refractivity (Wildman–Crippen MR) is 306 cm³/mol. The highest BCUT2D eigenvalue weighted by molar-refractivity contribution is 6.12. The Morgan fingerprint density at radius 3 is 0.843 bits per heavy atom. The number of carbonyl (C=O) groups excluding carboxylic acids is 9. The Hall–Kier alpha value is -6.56. The van der Waals surface area contributed by atoms with Crippen molar-refractivity contribution in [2.24, 2.45) is 0 Å². The van der Waals surface area contributed by atoms with Crippen LogP contribution in [0.1, 0.15) is 212 Å². The summed E-state index contributed by atoms with van der Waals surface area (Å²) in [7, 11) is 4.03. The maximum absolute atomic E-state index is 13.7. The Morgan fingerprint density at radius 1 is 0.301 bits per heavy atom. The van der Waals surface area contributed by atoms with Crippen LogP contribution >= 0.6 is 0 Å². The number of amides is 9. The number of alkyl carbamates (subject to hydrolysis) is 1. The fourth-order valence-electron chi connectivity index (χ4n) is 9.80. The summed E-state index contributed by atoms with van der Waals surface area (Å²) in [6.07, 6.45) is 21.4. The fraction of sp³-hybridized carbons (Fsp3) is 0.793. The molecule has 0 unspecified atom stereocenters. The standard InChI is InChI=1S/C58H96N8O17/c1-79-47(67)33-20-8-4-13-25-38-60-52(72)61(53(60)73)40-27-15-6-10-22-35-49(69)82-45-32-46-83-50(70)36-23-11-7-16-28-41-62-54(74)64(42-29-17-12-24-37-59-51(71)81-3)58(78)66(55(62)75)44-31-19-18-30-43-65-56(76)63(57(65)77)39-26-14-5-9-21-34-48(68)80-2/h4-46H2,1-3H3,(H,59,71). The SMILES string of the molecule is COC(=O)CCCCCCCN1C(=O)N(CCCCCCCC(=O)OCCCOC(=O)CCCCCCCn2c(=O)n(CCCCCCNC(=O)OC)c(=O)n(CCCCCCN3C(=O)N(CCCCCCCC(=O)OC)C3=O)c2=O)C1=O. The van der Waals surface area contributed by atoms with E-state index in [1.54, 1.807) is 0 Å². The van der Waals surface area contributed by atoms with E-state index in [1.165, 1.54) is 40.9 Å². The van der Waals surface area contributed by atoms with Gasteiger partial charge in [-0.2, -0.15) is 0 Å².